The number of carbonyl (C=O) groups excluding carboxylic acids is 1. The third-order valence-electron chi connectivity index (χ3n) is 2.64. The number of nitrogens with one attached hydrogen (secondary N) is 1. The average Bonchev–Trinajstić information content (AvgIpc) is 2.83. The maximum absolute atomic E-state index is 10.1. The molecule has 80 valence electrons. The Morgan fingerprint density at radius 2 is 2.27 bits per heavy atom. The van der Waals surface area contributed by atoms with Gasteiger partial charge in [0.2, 0.25) is 0 Å². The largest absolute Gasteiger partial charge is 0.445 e. The molecule has 3 nitrogen and oxygen atoms in total. The number of ether oxygens (including phenoxy) is 1. The van der Waals surface area contributed by atoms with Crippen LogP contribution in [-0.4, -0.2) is 18.7 Å². The van der Waals surface area contributed by atoms with E-state index >= 15 is 0 Å². The first kappa shape index (κ1) is 10.0. The van der Waals surface area contributed by atoms with Gasteiger partial charge in [0.25, 0.3) is 0 Å². The van der Waals surface area contributed by atoms with Crippen LogP contribution in [0.25, 0.3) is 0 Å². The molecule has 0 aromatic carbocycles. The van der Waals surface area contributed by atoms with E-state index in [-0.39, 0.29) is 12.2 Å². The van der Waals surface area contributed by atoms with Crippen LogP contribution in [0.3, 0.4) is 0 Å². The molecule has 2 aliphatic carbocycles. The van der Waals surface area contributed by atoms with Crippen LogP contribution in [0, 0.1) is 0 Å². The Hall–Kier alpha value is -1.51. The van der Waals surface area contributed by atoms with E-state index in [0.717, 1.165) is 0 Å². The SMILES string of the molecule is CC1=CC2=CC=C1C2.CC1CNC(=O)O1. The fourth-order valence-corrected chi connectivity index (χ4v) is 1.78. The number of rotatable bonds is 0. The molecule has 0 aromatic heterocycles. The molecule has 0 spiro atoms. The molecule has 3 heteroatoms. The van der Waals surface area contributed by atoms with E-state index in [0.29, 0.717) is 6.54 Å². The minimum absolute atomic E-state index is 0.0625. The van der Waals surface area contributed by atoms with Gasteiger partial charge in [0.15, 0.2) is 0 Å². The van der Waals surface area contributed by atoms with Crippen molar-refractivity contribution in [3.63, 3.8) is 0 Å². The second kappa shape index (κ2) is 3.93. The van der Waals surface area contributed by atoms with Gasteiger partial charge >= 0.3 is 6.09 Å². The Labute approximate surface area is 89.5 Å². The minimum Gasteiger partial charge on any atom is -0.445 e. The third kappa shape index (κ3) is 2.29. The fourth-order valence-electron chi connectivity index (χ4n) is 1.78. The molecule has 3 aliphatic rings. The van der Waals surface area contributed by atoms with E-state index < -0.39 is 0 Å². The molecule has 0 saturated carbocycles. The molecule has 2 bridgehead atoms. The predicted molar refractivity (Wildman–Crippen MR) is 58.5 cm³/mol. The number of carbonyl (C=O) groups is 1. The van der Waals surface area contributed by atoms with Crippen molar-refractivity contribution < 1.29 is 9.53 Å². The summed E-state index contributed by atoms with van der Waals surface area (Å²) >= 11 is 0. The summed E-state index contributed by atoms with van der Waals surface area (Å²) in [6.45, 7) is 4.67. The van der Waals surface area contributed by atoms with Crippen molar-refractivity contribution in [3.8, 4) is 0 Å². The van der Waals surface area contributed by atoms with Gasteiger partial charge in [0.05, 0.1) is 6.54 Å². The Morgan fingerprint density at radius 1 is 1.47 bits per heavy atom. The molecule has 1 N–H and O–H groups in total. The summed E-state index contributed by atoms with van der Waals surface area (Å²) in [4.78, 5) is 10.1. The van der Waals surface area contributed by atoms with Crippen LogP contribution >= 0.6 is 0 Å². The normalized spacial score (nSPS) is 25.9. The Bertz CT molecular complexity index is 377. The number of hydrogen-bond acceptors (Lipinski definition) is 2. The highest BCUT2D eigenvalue weighted by Gasteiger charge is 2.16. The van der Waals surface area contributed by atoms with E-state index in [4.69, 9.17) is 0 Å². The van der Waals surface area contributed by atoms with E-state index in [1.807, 2.05) is 6.92 Å². The van der Waals surface area contributed by atoms with Gasteiger partial charge in [-0.2, -0.15) is 0 Å². The lowest BCUT2D eigenvalue weighted by Crippen LogP contribution is -2.12. The monoisotopic (exact) mass is 205 g/mol. The van der Waals surface area contributed by atoms with Crippen LogP contribution in [-0.2, 0) is 4.74 Å². The van der Waals surface area contributed by atoms with Crippen molar-refractivity contribution in [1.29, 1.82) is 0 Å². The summed E-state index contributed by atoms with van der Waals surface area (Å²) in [6.07, 6.45) is 7.63. The molecule has 0 radical (unpaired) electrons. The van der Waals surface area contributed by atoms with E-state index in [1.54, 1.807) is 0 Å². The first-order valence-corrected chi connectivity index (χ1v) is 5.18. The van der Waals surface area contributed by atoms with Gasteiger partial charge < -0.3 is 10.1 Å². The first-order valence-electron chi connectivity index (χ1n) is 5.18. The van der Waals surface area contributed by atoms with E-state index in [9.17, 15) is 4.79 Å². The minimum atomic E-state index is -0.299. The lowest BCUT2D eigenvalue weighted by molar-refractivity contribution is 0.148. The number of hydrogen-bond donors (Lipinski definition) is 1. The molecule has 1 amide bonds. The van der Waals surface area contributed by atoms with Gasteiger partial charge in [0, 0.05) is 0 Å². The highest BCUT2D eigenvalue weighted by atomic mass is 16.6. The van der Waals surface area contributed by atoms with E-state index in [1.165, 1.54) is 23.1 Å². The van der Waals surface area contributed by atoms with Crippen LogP contribution in [0.4, 0.5) is 4.79 Å². The maximum atomic E-state index is 10.1. The molecule has 1 saturated heterocycles. The van der Waals surface area contributed by atoms with Gasteiger partial charge in [0.1, 0.15) is 6.10 Å². The smallest absolute Gasteiger partial charge is 0.407 e. The summed E-state index contributed by atoms with van der Waals surface area (Å²) in [5, 5.41) is 2.51. The molecule has 1 unspecified atom stereocenters. The van der Waals surface area contributed by atoms with Crippen LogP contribution < -0.4 is 5.32 Å². The average molecular weight is 205 g/mol. The molecule has 1 fully saturated rings. The predicted octanol–water partition coefficient (Wildman–Crippen LogP) is 2.32. The van der Waals surface area contributed by atoms with Crippen molar-refractivity contribution in [2.24, 2.45) is 0 Å². The van der Waals surface area contributed by atoms with Crippen LogP contribution in [0.5, 0.6) is 0 Å². The Morgan fingerprint density at radius 3 is 2.47 bits per heavy atom. The highest BCUT2D eigenvalue weighted by Crippen LogP contribution is 2.33. The summed E-state index contributed by atoms with van der Waals surface area (Å²) in [6, 6.07) is 0. The van der Waals surface area contributed by atoms with E-state index in [2.05, 4.69) is 35.2 Å². The molecule has 0 aromatic rings. The second-order valence-electron chi connectivity index (χ2n) is 4.03. The van der Waals surface area contributed by atoms with Crippen molar-refractivity contribution in [2.45, 2.75) is 26.4 Å². The molecular formula is C12H15NO2. The topological polar surface area (TPSA) is 38.3 Å². The van der Waals surface area contributed by atoms with Crippen LogP contribution in [0.2, 0.25) is 0 Å². The lowest BCUT2D eigenvalue weighted by Gasteiger charge is -1.92. The standard InChI is InChI=1S/C8H8.C4H7NO2/c1-6-4-7-2-3-8(6)5-7;1-3-2-5-4(6)7-3/h2-4H,5H2,1H3;3H,2H2,1H3,(H,5,6). The van der Waals surface area contributed by atoms with Crippen LogP contribution in [0.15, 0.2) is 34.9 Å². The van der Waals surface area contributed by atoms with Crippen LogP contribution in [0.1, 0.15) is 20.3 Å². The number of cyclic esters (lactones) is 1. The Balaban J connectivity index is 0.000000115. The molecule has 1 heterocycles. The number of fused-ring (bicyclic) bond motifs is 2. The van der Waals surface area contributed by atoms with Crippen molar-refractivity contribution in [3.05, 3.63) is 34.9 Å². The number of alkyl carbamates (subject to hydrolysis) is 1. The molecule has 1 aliphatic heterocycles. The second-order valence-corrected chi connectivity index (χ2v) is 4.03. The molecule has 1 atom stereocenters. The maximum Gasteiger partial charge on any atom is 0.407 e. The zero-order valence-corrected chi connectivity index (χ0v) is 9.04. The van der Waals surface area contributed by atoms with Crippen molar-refractivity contribution in [1.82, 2.24) is 5.32 Å². The van der Waals surface area contributed by atoms with Crippen molar-refractivity contribution in [2.75, 3.05) is 6.54 Å². The van der Waals surface area contributed by atoms with Gasteiger partial charge in [-0.25, -0.2) is 4.79 Å². The number of amides is 1. The van der Waals surface area contributed by atoms with Gasteiger partial charge in [-0.3, -0.25) is 0 Å². The first-order chi connectivity index (χ1) is 7.15. The molecule has 3 rings (SSSR count). The highest BCUT2D eigenvalue weighted by molar-refractivity contribution is 5.69. The summed E-state index contributed by atoms with van der Waals surface area (Å²) < 4.78 is 4.61. The summed E-state index contributed by atoms with van der Waals surface area (Å²) in [7, 11) is 0. The van der Waals surface area contributed by atoms with Gasteiger partial charge in [-0.15, -0.1) is 0 Å². The van der Waals surface area contributed by atoms with Gasteiger partial charge in [-0.1, -0.05) is 18.2 Å². The molecular weight excluding hydrogens is 190 g/mol. The zero-order chi connectivity index (χ0) is 10.8. The third-order valence-corrected chi connectivity index (χ3v) is 2.64. The van der Waals surface area contributed by atoms with Crippen molar-refractivity contribution >= 4 is 6.09 Å². The van der Waals surface area contributed by atoms with Gasteiger partial charge in [-0.05, 0) is 37.0 Å². The summed E-state index contributed by atoms with van der Waals surface area (Å²) in [5.74, 6) is 0. The summed E-state index contributed by atoms with van der Waals surface area (Å²) in [5.41, 5.74) is 4.46. The zero-order valence-electron chi connectivity index (χ0n) is 9.04. The quantitative estimate of drug-likeness (QED) is 0.659. The molecule has 15 heavy (non-hydrogen) atoms. The number of allylic oxidation sites excluding steroid dienone is 6. The Kier molecular flexibility index (Phi) is 2.62. The lowest BCUT2D eigenvalue weighted by atomic mass is 10.1. The fraction of sp³-hybridized carbons (Fsp3) is 0.417.